The Morgan fingerprint density at radius 1 is 0.867 bits per heavy atom. The molecule has 0 aromatic carbocycles. The number of hydrogen-bond acceptors (Lipinski definition) is 2. The Hall–Kier alpha value is -0.0800. The van der Waals surface area contributed by atoms with Crippen molar-refractivity contribution in [2.45, 2.75) is 39.5 Å². The highest BCUT2D eigenvalue weighted by atomic mass is 15.3. The van der Waals surface area contributed by atoms with Gasteiger partial charge in [0.05, 0.1) is 6.67 Å². The van der Waals surface area contributed by atoms with E-state index in [0.717, 1.165) is 11.8 Å². The van der Waals surface area contributed by atoms with Gasteiger partial charge in [0.1, 0.15) is 0 Å². The Morgan fingerprint density at radius 2 is 1.33 bits per heavy atom. The number of nitrogens with zero attached hydrogens (tertiary/aromatic N) is 2. The molecule has 2 heterocycles. The van der Waals surface area contributed by atoms with E-state index in [1.54, 1.807) is 0 Å². The largest absolute Gasteiger partial charge is 0.290 e. The monoisotopic (exact) mass is 210 g/mol. The van der Waals surface area contributed by atoms with Crippen molar-refractivity contribution in [1.82, 2.24) is 9.80 Å². The van der Waals surface area contributed by atoms with Gasteiger partial charge in [-0.15, -0.1) is 0 Å². The van der Waals surface area contributed by atoms with Crippen LogP contribution in [0.4, 0.5) is 0 Å². The fourth-order valence-electron chi connectivity index (χ4n) is 3.11. The van der Waals surface area contributed by atoms with Gasteiger partial charge in [-0.05, 0) is 50.6 Å². The maximum absolute atomic E-state index is 2.66. The van der Waals surface area contributed by atoms with Gasteiger partial charge in [-0.3, -0.25) is 9.80 Å². The molecule has 0 radical (unpaired) electrons. The van der Waals surface area contributed by atoms with E-state index in [9.17, 15) is 0 Å². The highest BCUT2D eigenvalue weighted by Crippen LogP contribution is 2.19. The maximum atomic E-state index is 2.66. The van der Waals surface area contributed by atoms with Crippen LogP contribution in [0.25, 0.3) is 0 Å². The number of likely N-dealkylation sites (tertiary alicyclic amines) is 2. The zero-order chi connectivity index (χ0) is 10.7. The molecular formula is C13H26N2. The maximum Gasteiger partial charge on any atom is 0.0506 e. The van der Waals surface area contributed by atoms with Gasteiger partial charge in [-0.25, -0.2) is 0 Å². The third-order valence-electron chi connectivity index (χ3n) is 3.88. The molecule has 2 rings (SSSR count). The van der Waals surface area contributed by atoms with Crippen LogP contribution in [0, 0.1) is 11.8 Å². The molecule has 2 fully saturated rings. The van der Waals surface area contributed by atoms with E-state index in [0.29, 0.717) is 0 Å². The van der Waals surface area contributed by atoms with Crippen molar-refractivity contribution in [3.8, 4) is 0 Å². The molecule has 0 aromatic heterocycles. The fraction of sp³-hybridized carbons (Fsp3) is 1.00. The van der Waals surface area contributed by atoms with Gasteiger partial charge in [0.2, 0.25) is 0 Å². The molecule has 2 aliphatic rings. The molecule has 0 N–H and O–H groups in total. The van der Waals surface area contributed by atoms with E-state index in [1.807, 2.05) is 0 Å². The standard InChI is InChI=1S/C13H26N2/c1-12-5-3-7-14(9-12)11-15-8-4-6-13(2)10-15/h12-13H,3-11H2,1-2H3. The van der Waals surface area contributed by atoms with Crippen LogP contribution < -0.4 is 0 Å². The molecule has 0 spiro atoms. The van der Waals surface area contributed by atoms with Gasteiger partial charge in [-0.2, -0.15) is 0 Å². The van der Waals surface area contributed by atoms with Crippen LogP contribution in [0.2, 0.25) is 0 Å². The van der Waals surface area contributed by atoms with Crippen molar-refractivity contribution < 1.29 is 0 Å². The number of piperidine rings is 2. The average Bonchev–Trinajstić information content (AvgIpc) is 2.17. The van der Waals surface area contributed by atoms with Gasteiger partial charge in [0.25, 0.3) is 0 Å². The second-order valence-electron chi connectivity index (χ2n) is 5.79. The number of hydrogen-bond donors (Lipinski definition) is 0. The van der Waals surface area contributed by atoms with E-state index in [1.165, 1.54) is 58.5 Å². The predicted octanol–water partition coefficient (Wildman–Crippen LogP) is 2.41. The van der Waals surface area contributed by atoms with Crippen LogP contribution >= 0.6 is 0 Å². The first-order chi connectivity index (χ1) is 7.24. The second-order valence-corrected chi connectivity index (χ2v) is 5.79. The molecule has 0 saturated carbocycles. The summed E-state index contributed by atoms with van der Waals surface area (Å²) in [5.74, 6) is 1.84. The molecule has 15 heavy (non-hydrogen) atoms. The van der Waals surface area contributed by atoms with E-state index in [-0.39, 0.29) is 0 Å². The highest BCUT2D eigenvalue weighted by Gasteiger charge is 2.21. The van der Waals surface area contributed by atoms with Crippen LogP contribution in [-0.4, -0.2) is 42.6 Å². The summed E-state index contributed by atoms with van der Waals surface area (Å²) in [4.78, 5) is 5.32. The Labute approximate surface area is 94.6 Å². The quantitative estimate of drug-likeness (QED) is 0.690. The lowest BCUT2D eigenvalue weighted by atomic mass is 9.99. The minimum atomic E-state index is 0.918. The van der Waals surface area contributed by atoms with Crippen LogP contribution in [-0.2, 0) is 0 Å². The van der Waals surface area contributed by atoms with E-state index >= 15 is 0 Å². The van der Waals surface area contributed by atoms with Crippen molar-refractivity contribution in [3.05, 3.63) is 0 Å². The number of rotatable bonds is 2. The van der Waals surface area contributed by atoms with Gasteiger partial charge >= 0.3 is 0 Å². The first kappa shape index (κ1) is 11.4. The van der Waals surface area contributed by atoms with Crippen molar-refractivity contribution in [2.75, 3.05) is 32.8 Å². The lowest BCUT2D eigenvalue weighted by Crippen LogP contribution is -2.46. The summed E-state index contributed by atoms with van der Waals surface area (Å²) in [5, 5.41) is 0. The molecule has 2 aliphatic heterocycles. The van der Waals surface area contributed by atoms with Crippen molar-refractivity contribution in [1.29, 1.82) is 0 Å². The summed E-state index contributed by atoms with van der Waals surface area (Å²) < 4.78 is 0. The van der Waals surface area contributed by atoms with Gasteiger partial charge in [0, 0.05) is 13.1 Å². The fourth-order valence-corrected chi connectivity index (χ4v) is 3.11. The van der Waals surface area contributed by atoms with Crippen LogP contribution in [0.15, 0.2) is 0 Å². The van der Waals surface area contributed by atoms with E-state index < -0.39 is 0 Å². The normalized spacial score (nSPS) is 35.6. The molecule has 0 aliphatic carbocycles. The predicted molar refractivity (Wildman–Crippen MR) is 64.8 cm³/mol. The van der Waals surface area contributed by atoms with Gasteiger partial charge in [-0.1, -0.05) is 13.8 Å². The SMILES string of the molecule is CC1CCCN(CN2CCCC(C)C2)C1. The van der Waals surface area contributed by atoms with Crippen LogP contribution in [0.3, 0.4) is 0 Å². The third kappa shape index (κ3) is 3.46. The molecule has 2 saturated heterocycles. The molecule has 2 atom stereocenters. The molecule has 2 unspecified atom stereocenters. The summed E-state index contributed by atoms with van der Waals surface area (Å²) >= 11 is 0. The Balaban J connectivity index is 1.75. The lowest BCUT2D eigenvalue weighted by molar-refractivity contribution is 0.0670. The molecule has 88 valence electrons. The topological polar surface area (TPSA) is 6.48 Å². The summed E-state index contributed by atoms with van der Waals surface area (Å²) in [7, 11) is 0. The van der Waals surface area contributed by atoms with Crippen LogP contribution in [0.5, 0.6) is 0 Å². The summed E-state index contributed by atoms with van der Waals surface area (Å²) in [6.07, 6.45) is 5.69. The molecule has 0 amide bonds. The first-order valence-corrected chi connectivity index (χ1v) is 6.69. The molecule has 2 heteroatoms. The Morgan fingerprint density at radius 3 is 1.73 bits per heavy atom. The third-order valence-corrected chi connectivity index (χ3v) is 3.88. The van der Waals surface area contributed by atoms with Crippen molar-refractivity contribution in [2.24, 2.45) is 11.8 Å². The van der Waals surface area contributed by atoms with Gasteiger partial charge in [0.15, 0.2) is 0 Å². The highest BCUT2D eigenvalue weighted by molar-refractivity contribution is 4.74. The minimum absolute atomic E-state index is 0.918. The zero-order valence-corrected chi connectivity index (χ0v) is 10.4. The smallest absolute Gasteiger partial charge is 0.0506 e. The van der Waals surface area contributed by atoms with Crippen molar-refractivity contribution in [3.63, 3.8) is 0 Å². The minimum Gasteiger partial charge on any atom is -0.290 e. The summed E-state index contributed by atoms with van der Waals surface area (Å²) in [6, 6.07) is 0. The first-order valence-electron chi connectivity index (χ1n) is 6.69. The zero-order valence-electron chi connectivity index (χ0n) is 10.4. The lowest BCUT2D eigenvalue weighted by Gasteiger charge is -2.38. The van der Waals surface area contributed by atoms with E-state index in [4.69, 9.17) is 0 Å². The second kappa shape index (κ2) is 5.31. The summed E-state index contributed by atoms with van der Waals surface area (Å²) in [5.41, 5.74) is 0. The van der Waals surface area contributed by atoms with Crippen molar-refractivity contribution >= 4 is 0 Å². The molecule has 0 aromatic rings. The van der Waals surface area contributed by atoms with Crippen LogP contribution in [0.1, 0.15) is 39.5 Å². The summed E-state index contributed by atoms with van der Waals surface area (Å²) in [6.45, 7) is 11.3. The Kier molecular flexibility index (Phi) is 4.04. The Bertz CT molecular complexity index is 173. The van der Waals surface area contributed by atoms with Gasteiger partial charge < -0.3 is 0 Å². The van der Waals surface area contributed by atoms with E-state index in [2.05, 4.69) is 23.6 Å². The molecule has 2 nitrogen and oxygen atoms in total. The molecular weight excluding hydrogens is 184 g/mol. The average molecular weight is 210 g/mol. The molecule has 0 bridgehead atoms.